The van der Waals surface area contributed by atoms with Gasteiger partial charge < -0.3 is 19.7 Å². The van der Waals surface area contributed by atoms with Crippen LogP contribution in [0.15, 0.2) is 0 Å². The Morgan fingerprint density at radius 3 is 2.22 bits per heavy atom. The molecule has 23 heavy (non-hydrogen) atoms. The number of hydrogen-bond donors (Lipinski definition) is 2. The molecular formula is C18H30O5. The first-order chi connectivity index (χ1) is 10.9. The summed E-state index contributed by atoms with van der Waals surface area (Å²) in [6.45, 7) is 3.58. The van der Waals surface area contributed by atoms with Crippen LogP contribution in [0.4, 0.5) is 0 Å². The third-order valence-corrected chi connectivity index (χ3v) is 6.11. The SMILES string of the molecule is CCC(C)C(=O)OC12CC3CC(C1)CC(OC(CO)CO)(C3)C2. The lowest BCUT2D eigenvalue weighted by Gasteiger charge is -2.61. The van der Waals surface area contributed by atoms with Gasteiger partial charge in [-0.15, -0.1) is 0 Å². The van der Waals surface area contributed by atoms with Gasteiger partial charge in [0.25, 0.3) is 0 Å². The molecule has 0 spiro atoms. The number of aliphatic hydroxyl groups excluding tert-OH is 2. The number of aliphatic hydroxyl groups is 2. The van der Waals surface area contributed by atoms with E-state index in [1.807, 2.05) is 13.8 Å². The van der Waals surface area contributed by atoms with Crippen molar-refractivity contribution in [1.29, 1.82) is 0 Å². The Morgan fingerprint density at radius 2 is 1.70 bits per heavy atom. The van der Waals surface area contributed by atoms with Gasteiger partial charge in [0.2, 0.25) is 0 Å². The average Bonchev–Trinajstić information content (AvgIpc) is 2.49. The fourth-order valence-electron chi connectivity index (χ4n) is 5.32. The Hall–Kier alpha value is -0.650. The van der Waals surface area contributed by atoms with Crippen LogP contribution < -0.4 is 0 Å². The molecule has 4 saturated carbocycles. The van der Waals surface area contributed by atoms with Gasteiger partial charge in [0.15, 0.2) is 0 Å². The molecule has 0 amide bonds. The monoisotopic (exact) mass is 326 g/mol. The van der Waals surface area contributed by atoms with Crippen LogP contribution in [0.1, 0.15) is 58.8 Å². The number of rotatable bonds is 7. The van der Waals surface area contributed by atoms with E-state index < -0.39 is 6.10 Å². The molecule has 3 atom stereocenters. The molecule has 0 radical (unpaired) electrons. The summed E-state index contributed by atoms with van der Waals surface area (Å²) >= 11 is 0. The van der Waals surface area contributed by atoms with Crippen LogP contribution in [0, 0.1) is 17.8 Å². The van der Waals surface area contributed by atoms with Crippen molar-refractivity contribution in [3.05, 3.63) is 0 Å². The molecule has 4 aliphatic carbocycles. The van der Waals surface area contributed by atoms with Crippen LogP contribution in [0.5, 0.6) is 0 Å². The van der Waals surface area contributed by atoms with Crippen LogP contribution in [0.3, 0.4) is 0 Å². The van der Waals surface area contributed by atoms with Crippen molar-refractivity contribution in [2.45, 2.75) is 76.1 Å². The molecule has 5 nitrogen and oxygen atoms in total. The Labute approximate surface area is 138 Å². The van der Waals surface area contributed by atoms with Crippen LogP contribution in [0.25, 0.3) is 0 Å². The normalized spacial score (nSPS) is 39.7. The van der Waals surface area contributed by atoms with E-state index in [0.717, 1.165) is 32.1 Å². The maximum Gasteiger partial charge on any atom is 0.309 e. The van der Waals surface area contributed by atoms with Gasteiger partial charge in [-0.25, -0.2) is 0 Å². The zero-order chi connectivity index (χ0) is 16.7. The number of carbonyl (C=O) groups excluding carboxylic acids is 1. The third-order valence-electron chi connectivity index (χ3n) is 6.11. The van der Waals surface area contributed by atoms with Crippen LogP contribution in [-0.2, 0) is 14.3 Å². The Kier molecular flexibility index (Phi) is 4.73. The number of carbonyl (C=O) groups is 1. The molecule has 3 unspecified atom stereocenters. The largest absolute Gasteiger partial charge is 0.459 e. The Balaban J connectivity index is 1.77. The molecule has 0 saturated heterocycles. The van der Waals surface area contributed by atoms with Crippen molar-refractivity contribution in [2.24, 2.45) is 17.8 Å². The van der Waals surface area contributed by atoms with Gasteiger partial charge in [-0.3, -0.25) is 4.79 Å². The fraction of sp³-hybridized carbons (Fsp3) is 0.944. The molecule has 5 heteroatoms. The molecule has 132 valence electrons. The van der Waals surface area contributed by atoms with Crippen molar-refractivity contribution < 1.29 is 24.5 Å². The highest BCUT2D eigenvalue weighted by molar-refractivity contribution is 5.72. The van der Waals surface area contributed by atoms with E-state index in [1.54, 1.807) is 0 Å². The van der Waals surface area contributed by atoms with E-state index in [1.165, 1.54) is 6.42 Å². The van der Waals surface area contributed by atoms with Gasteiger partial charge in [0.1, 0.15) is 11.7 Å². The molecule has 4 rings (SSSR count). The van der Waals surface area contributed by atoms with Gasteiger partial charge in [0, 0.05) is 6.42 Å². The van der Waals surface area contributed by atoms with Crippen LogP contribution in [0.2, 0.25) is 0 Å². The smallest absolute Gasteiger partial charge is 0.309 e. The fourth-order valence-corrected chi connectivity index (χ4v) is 5.32. The lowest BCUT2D eigenvalue weighted by Crippen LogP contribution is -2.62. The highest BCUT2D eigenvalue weighted by atomic mass is 16.6. The predicted octanol–water partition coefficient (Wildman–Crippen LogP) is 2.04. The van der Waals surface area contributed by atoms with Crippen molar-refractivity contribution in [2.75, 3.05) is 13.2 Å². The van der Waals surface area contributed by atoms with Crippen LogP contribution in [-0.4, -0.2) is 46.7 Å². The quantitative estimate of drug-likeness (QED) is 0.700. The lowest BCUT2D eigenvalue weighted by molar-refractivity contribution is -0.252. The van der Waals surface area contributed by atoms with Gasteiger partial charge in [-0.05, 0) is 50.4 Å². The summed E-state index contributed by atoms with van der Waals surface area (Å²) in [5.74, 6) is 0.894. The highest BCUT2D eigenvalue weighted by Crippen LogP contribution is 2.60. The minimum Gasteiger partial charge on any atom is -0.459 e. The average molecular weight is 326 g/mol. The molecule has 0 aromatic rings. The second-order valence-corrected chi connectivity index (χ2v) is 8.16. The van der Waals surface area contributed by atoms with Crippen molar-refractivity contribution in [3.8, 4) is 0 Å². The maximum absolute atomic E-state index is 12.4. The van der Waals surface area contributed by atoms with E-state index in [4.69, 9.17) is 9.47 Å². The van der Waals surface area contributed by atoms with E-state index in [0.29, 0.717) is 18.3 Å². The summed E-state index contributed by atoms with van der Waals surface area (Å²) in [6.07, 6.45) is 5.97. The van der Waals surface area contributed by atoms with E-state index in [9.17, 15) is 15.0 Å². The van der Waals surface area contributed by atoms with Gasteiger partial charge in [0.05, 0.1) is 24.7 Å². The minimum atomic E-state index is -0.534. The minimum absolute atomic E-state index is 0.0671. The van der Waals surface area contributed by atoms with Gasteiger partial charge in [-0.1, -0.05) is 13.8 Å². The van der Waals surface area contributed by atoms with Gasteiger partial charge in [-0.2, -0.15) is 0 Å². The molecule has 0 heterocycles. The summed E-state index contributed by atoms with van der Waals surface area (Å²) < 4.78 is 12.2. The Bertz CT molecular complexity index is 431. The summed E-state index contributed by atoms with van der Waals surface area (Å²) in [5, 5.41) is 18.7. The molecule has 4 fully saturated rings. The highest BCUT2D eigenvalue weighted by Gasteiger charge is 2.60. The summed E-state index contributed by atoms with van der Waals surface area (Å²) in [5.41, 5.74) is -0.726. The standard InChI is InChI=1S/C18H30O5/c1-3-12(2)16(21)23-18-7-13-4-14(8-18)6-17(5-13,11-18)22-15(9-19)10-20/h12-15,19-20H,3-11H2,1-2H3. The third kappa shape index (κ3) is 3.28. The van der Waals surface area contributed by atoms with E-state index in [2.05, 4.69) is 0 Å². The molecule has 0 aromatic heterocycles. The first-order valence-corrected chi connectivity index (χ1v) is 9.05. The topological polar surface area (TPSA) is 76.0 Å². The first-order valence-electron chi connectivity index (χ1n) is 9.05. The van der Waals surface area contributed by atoms with Crippen molar-refractivity contribution in [3.63, 3.8) is 0 Å². The molecule has 0 aromatic carbocycles. The zero-order valence-electron chi connectivity index (χ0n) is 14.3. The molecule has 0 aliphatic heterocycles. The summed E-state index contributed by atoms with van der Waals surface area (Å²) in [6, 6.07) is 0. The number of esters is 1. The van der Waals surface area contributed by atoms with Crippen molar-refractivity contribution >= 4 is 5.97 Å². The van der Waals surface area contributed by atoms with E-state index in [-0.39, 0.29) is 36.3 Å². The van der Waals surface area contributed by atoms with E-state index >= 15 is 0 Å². The zero-order valence-corrected chi connectivity index (χ0v) is 14.3. The van der Waals surface area contributed by atoms with Crippen molar-refractivity contribution in [1.82, 2.24) is 0 Å². The van der Waals surface area contributed by atoms with Gasteiger partial charge >= 0.3 is 5.97 Å². The lowest BCUT2D eigenvalue weighted by atomic mass is 9.52. The number of hydrogen-bond acceptors (Lipinski definition) is 5. The maximum atomic E-state index is 12.4. The molecular weight excluding hydrogens is 296 g/mol. The second-order valence-electron chi connectivity index (χ2n) is 8.16. The van der Waals surface area contributed by atoms with Crippen LogP contribution >= 0.6 is 0 Å². The predicted molar refractivity (Wildman–Crippen MR) is 84.7 cm³/mol. The molecule has 4 aliphatic rings. The number of ether oxygens (including phenoxy) is 2. The first kappa shape index (κ1) is 17.2. The second kappa shape index (κ2) is 6.34. The molecule has 2 N–H and O–H groups in total. The molecule has 4 bridgehead atoms. The summed E-state index contributed by atoms with van der Waals surface area (Å²) in [7, 11) is 0. The Morgan fingerprint density at radius 1 is 1.13 bits per heavy atom. The summed E-state index contributed by atoms with van der Waals surface area (Å²) in [4.78, 5) is 12.4.